The smallest absolute Gasteiger partial charge is 0.251 e. The maximum atomic E-state index is 11.9. The molecule has 0 radical (unpaired) electrons. The van der Waals surface area contributed by atoms with E-state index in [0.717, 1.165) is 23.0 Å². The Bertz CT molecular complexity index is 417. The summed E-state index contributed by atoms with van der Waals surface area (Å²) in [4.78, 5) is 11.9. The third kappa shape index (κ3) is 3.32. The van der Waals surface area contributed by atoms with Crippen molar-refractivity contribution in [3.63, 3.8) is 0 Å². The summed E-state index contributed by atoms with van der Waals surface area (Å²) in [5.41, 5.74) is 7.04. The second-order valence-electron chi connectivity index (χ2n) is 4.08. The molecule has 1 fully saturated rings. The van der Waals surface area contributed by atoms with Crippen LogP contribution < -0.4 is 11.1 Å². The minimum Gasteiger partial charge on any atom is -0.398 e. The lowest BCUT2D eigenvalue weighted by Gasteiger charge is -2.11. The van der Waals surface area contributed by atoms with Crippen LogP contribution in [0.3, 0.4) is 0 Å². The quantitative estimate of drug-likeness (QED) is 0.648. The van der Waals surface area contributed by atoms with Gasteiger partial charge < -0.3 is 15.8 Å². The third-order valence-corrected chi connectivity index (χ3v) is 3.71. The van der Waals surface area contributed by atoms with Crippen LogP contribution in [-0.4, -0.2) is 25.2 Å². The summed E-state index contributed by atoms with van der Waals surface area (Å²) in [6.45, 7) is 1.39. The van der Waals surface area contributed by atoms with Crippen molar-refractivity contribution in [3.05, 3.63) is 27.3 Å². The highest BCUT2D eigenvalue weighted by Crippen LogP contribution is 2.16. The third-order valence-electron chi connectivity index (χ3n) is 2.78. The number of benzene rings is 1. The number of ether oxygens (including phenoxy) is 1. The lowest BCUT2D eigenvalue weighted by atomic mass is 10.2. The van der Waals surface area contributed by atoms with Crippen LogP contribution in [0, 0.1) is 3.57 Å². The molecule has 1 aromatic carbocycles. The summed E-state index contributed by atoms with van der Waals surface area (Å²) < 4.78 is 6.34. The fourth-order valence-electron chi connectivity index (χ4n) is 1.78. The van der Waals surface area contributed by atoms with Crippen LogP contribution in [0.2, 0.25) is 0 Å². The van der Waals surface area contributed by atoms with Gasteiger partial charge in [-0.3, -0.25) is 4.79 Å². The fourth-order valence-corrected chi connectivity index (χ4v) is 2.30. The fraction of sp³-hybridized carbons (Fsp3) is 0.417. The van der Waals surface area contributed by atoms with Gasteiger partial charge in [0.2, 0.25) is 0 Å². The van der Waals surface area contributed by atoms with Crippen molar-refractivity contribution in [2.75, 3.05) is 18.9 Å². The molecule has 0 saturated carbocycles. The number of rotatable bonds is 3. The number of amides is 1. The van der Waals surface area contributed by atoms with Gasteiger partial charge in [0.1, 0.15) is 0 Å². The molecular formula is C12H15IN2O2. The first-order valence-electron chi connectivity index (χ1n) is 5.61. The molecule has 1 saturated heterocycles. The average molecular weight is 346 g/mol. The Kier molecular flexibility index (Phi) is 4.22. The highest BCUT2D eigenvalue weighted by Gasteiger charge is 2.16. The minimum absolute atomic E-state index is 0.0709. The van der Waals surface area contributed by atoms with E-state index in [-0.39, 0.29) is 12.0 Å². The van der Waals surface area contributed by atoms with Gasteiger partial charge in [-0.1, -0.05) is 0 Å². The highest BCUT2D eigenvalue weighted by atomic mass is 127. The number of anilines is 1. The summed E-state index contributed by atoms with van der Waals surface area (Å²) >= 11 is 2.12. The van der Waals surface area contributed by atoms with Gasteiger partial charge in [0.15, 0.2) is 0 Å². The predicted octanol–water partition coefficient (Wildman–Crippen LogP) is 1.78. The van der Waals surface area contributed by atoms with Gasteiger partial charge in [0.05, 0.1) is 6.10 Å². The number of nitrogen functional groups attached to an aromatic ring is 1. The zero-order valence-corrected chi connectivity index (χ0v) is 11.6. The molecule has 17 heavy (non-hydrogen) atoms. The molecule has 4 nitrogen and oxygen atoms in total. The van der Waals surface area contributed by atoms with Crippen molar-refractivity contribution >= 4 is 34.2 Å². The first-order chi connectivity index (χ1) is 8.16. The van der Waals surface area contributed by atoms with Gasteiger partial charge in [-0.15, -0.1) is 0 Å². The van der Waals surface area contributed by atoms with Gasteiger partial charge in [0.25, 0.3) is 5.91 Å². The number of hydrogen-bond acceptors (Lipinski definition) is 3. The Morgan fingerprint density at radius 1 is 1.59 bits per heavy atom. The molecule has 92 valence electrons. The van der Waals surface area contributed by atoms with E-state index in [1.54, 1.807) is 18.2 Å². The largest absolute Gasteiger partial charge is 0.398 e. The van der Waals surface area contributed by atoms with Crippen molar-refractivity contribution in [2.24, 2.45) is 0 Å². The van der Waals surface area contributed by atoms with Crippen LogP contribution in [0.15, 0.2) is 18.2 Å². The number of nitrogens with one attached hydrogen (secondary N) is 1. The second kappa shape index (κ2) is 5.68. The Hall–Kier alpha value is -0.820. The predicted molar refractivity (Wildman–Crippen MR) is 74.9 cm³/mol. The van der Waals surface area contributed by atoms with Crippen LogP contribution in [0.1, 0.15) is 23.2 Å². The Morgan fingerprint density at radius 2 is 2.41 bits per heavy atom. The number of halogens is 1. The number of hydrogen-bond donors (Lipinski definition) is 2. The second-order valence-corrected chi connectivity index (χ2v) is 5.24. The van der Waals surface area contributed by atoms with Crippen molar-refractivity contribution in [3.8, 4) is 0 Å². The van der Waals surface area contributed by atoms with E-state index in [4.69, 9.17) is 10.5 Å². The number of carbonyl (C=O) groups excluding carboxylic acids is 1. The highest BCUT2D eigenvalue weighted by molar-refractivity contribution is 14.1. The normalized spacial score (nSPS) is 19.2. The van der Waals surface area contributed by atoms with E-state index in [9.17, 15) is 4.79 Å². The molecule has 3 N–H and O–H groups in total. The molecule has 2 rings (SSSR count). The molecule has 1 unspecified atom stereocenters. The van der Waals surface area contributed by atoms with Crippen molar-refractivity contribution in [1.29, 1.82) is 0 Å². The molecule has 1 aromatic rings. The summed E-state index contributed by atoms with van der Waals surface area (Å²) in [5.74, 6) is -0.0709. The van der Waals surface area contributed by atoms with Gasteiger partial charge >= 0.3 is 0 Å². The number of nitrogens with two attached hydrogens (primary N) is 1. The van der Waals surface area contributed by atoms with E-state index in [2.05, 4.69) is 27.9 Å². The van der Waals surface area contributed by atoms with Gasteiger partial charge in [-0.25, -0.2) is 0 Å². The Morgan fingerprint density at radius 3 is 3.06 bits per heavy atom. The SMILES string of the molecule is Nc1ccc(C(=O)NCC2CCCO2)cc1I. The van der Waals surface area contributed by atoms with E-state index < -0.39 is 0 Å². The van der Waals surface area contributed by atoms with Crippen LogP contribution in [0.25, 0.3) is 0 Å². The van der Waals surface area contributed by atoms with Gasteiger partial charge in [-0.05, 0) is 53.6 Å². The van der Waals surface area contributed by atoms with Crippen LogP contribution >= 0.6 is 22.6 Å². The van der Waals surface area contributed by atoms with Crippen molar-refractivity contribution in [2.45, 2.75) is 18.9 Å². The molecule has 5 heteroatoms. The summed E-state index contributed by atoms with van der Waals surface area (Å²) in [7, 11) is 0. The molecule has 1 atom stereocenters. The summed E-state index contributed by atoms with van der Waals surface area (Å²) in [5, 5.41) is 2.88. The van der Waals surface area contributed by atoms with E-state index >= 15 is 0 Å². The zero-order chi connectivity index (χ0) is 12.3. The van der Waals surface area contributed by atoms with Crippen LogP contribution in [0.5, 0.6) is 0 Å². The Labute approximate surface area is 114 Å². The minimum atomic E-state index is -0.0709. The van der Waals surface area contributed by atoms with E-state index in [0.29, 0.717) is 17.8 Å². The lowest BCUT2D eigenvalue weighted by molar-refractivity contribution is 0.0858. The molecule has 0 aromatic heterocycles. The molecule has 1 aliphatic heterocycles. The van der Waals surface area contributed by atoms with Gasteiger partial charge in [0, 0.05) is 28.0 Å². The first kappa shape index (κ1) is 12.6. The molecule has 1 heterocycles. The zero-order valence-electron chi connectivity index (χ0n) is 9.41. The van der Waals surface area contributed by atoms with Gasteiger partial charge in [-0.2, -0.15) is 0 Å². The maximum absolute atomic E-state index is 11.9. The van der Waals surface area contributed by atoms with E-state index in [1.807, 2.05) is 0 Å². The molecule has 1 amide bonds. The monoisotopic (exact) mass is 346 g/mol. The lowest BCUT2D eigenvalue weighted by Crippen LogP contribution is -2.31. The Balaban J connectivity index is 1.92. The van der Waals surface area contributed by atoms with E-state index in [1.165, 1.54) is 0 Å². The molecule has 0 aliphatic carbocycles. The molecular weight excluding hydrogens is 331 g/mol. The van der Waals surface area contributed by atoms with Crippen LogP contribution in [0.4, 0.5) is 5.69 Å². The summed E-state index contributed by atoms with van der Waals surface area (Å²) in [6.07, 6.45) is 2.28. The first-order valence-corrected chi connectivity index (χ1v) is 6.69. The van der Waals surface area contributed by atoms with Crippen molar-refractivity contribution in [1.82, 2.24) is 5.32 Å². The average Bonchev–Trinajstić information content (AvgIpc) is 2.82. The standard InChI is InChI=1S/C12H15IN2O2/c13-10-6-8(3-4-11(10)14)12(16)15-7-9-2-1-5-17-9/h3-4,6,9H,1-2,5,7,14H2,(H,15,16). The van der Waals surface area contributed by atoms with Crippen molar-refractivity contribution < 1.29 is 9.53 Å². The number of carbonyl (C=O) groups is 1. The maximum Gasteiger partial charge on any atom is 0.251 e. The molecule has 0 bridgehead atoms. The summed E-state index contributed by atoms with van der Waals surface area (Å²) in [6, 6.07) is 5.28. The molecule has 0 spiro atoms. The molecule has 1 aliphatic rings. The van der Waals surface area contributed by atoms with Crippen LogP contribution in [-0.2, 0) is 4.74 Å². The topological polar surface area (TPSA) is 64.4 Å².